The van der Waals surface area contributed by atoms with Crippen LogP contribution in [0.15, 0.2) is 78.9 Å². The van der Waals surface area contributed by atoms with E-state index in [-0.39, 0.29) is 12.0 Å². The molecule has 0 radical (unpaired) electrons. The van der Waals surface area contributed by atoms with E-state index in [0.717, 1.165) is 18.6 Å². The van der Waals surface area contributed by atoms with Crippen molar-refractivity contribution in [2.24, 2.45) is 0 Å². The maximum atomic E-state index is 12.6. The number of nitrogens with one attached hydrogen (secondary N) is 1. The summed E-state index contributed by atoms with van der Waals surface area (Å²) in [7, 11) is 0. The third-order valence-corrected chi connectivity index (χ3v) is 4.28. The van der Waals surface area contributed by atoms with E-state index >= 15 is 0 Å². The standard InChI is InChI=1S/C25H27NO3/c1-19(2)29-24-15-6-12-21(17-24)25(27)26-22-13-7-14-23(18-22)28-16-8-11-20-9-4-3-5-10-20/h3-7,9-10,12-15,17-19H,8,11,16H2,1-2H3,(H,26,27). The second-order valence-electron chi connectivity index (χ2n) is 7.11. The van der Waals surface area contributed by atoms with E-state index in [9.17, 15) is 4.79 Å². The van der Waals surface area contributed by atoms with Gasteiger partial charge < -0.3 is 14.8 Å². The van der Waals surface area contributed by atoms with Crippen molar-refractivity contribution in [1.82, 2.24) is 0 Å². The summed E-state index contributed by atoms with van der Waals surface area (Å²) in [6, 6.07) is 25.0. The average Bonchev–Trinajstić information content (AvgIpc) is 2.72. The molecule has 0 heterocycles. The number of hydrogen-bond acceptors (Lipinski definition) is 3. The number of amides is 1. The van der Waals surface area contributed by atoms with Gasteiger partial charge in [-0.05, 0) is 62.6 Å². The number of rotatable bonds is 9. The van der Waals surface area contributed by atoms with Gasteiger partial charge in [0.2, 0.25) is 0 Å². The molecule has 1 amide bonds. The topological polar surface area (TPSA) is 47.6 Å². The predicted octanol–water partition coefficient (Wildman–Crippen LogP) is 5.74. The highest BCUT2D eigenvalue weighted by molar-refractivity contribution is 6.04. The molecule has 0 bridgehead atoms. The second kappa shape index (κ2) is 10.3. The predicted molar refractivity (Wildman–Crippen MR) is 117 cm³/mol. The van der Waals surface area contributed by atoms with Crippen molar-refractivity contribution in [3.8, 4) is 11.5 Å². The zero-order valence-electron chi connectivity index (χ0n) is 16.9. The molecule has 0 aliphatic heterocycles. The fourth-order valence-corrected chi connectivity index (χ4v) is 2.96. The third-order valence-electron chi connectivity index (χ3n) is 4.28. The van der Waals surface area contributed by atoms with Crippen LogP contribution in [0, 0.1) is 0 Å². The van der Waals surface area contributed by atoms with Crippen LogP contribution in [0.2, 0.25) is 0 Å². The Morgan fingerprint density at radius 2 is 1.66 bits per heavy atom. The molecule has 0 aromatic heterocycles. The Morgan fingerprint density at radius 3 is 2.45 bits per heavy atom. The monoisotopic (exact) mass is 389 g/mol. The average molecular weight is 389 g/mol. The molecular weight excluding hydrogens is 362 g/mol. The lowest BCUT2D eigenvalue weighted by molar-refractivity contribution is 0.102. The molecule has 0 aliphatic rings. The molecule has 4 nitrogen and oxygen atoms in total. The third kappa shape index (κ3) is 6.68. The number of anilines is 1. The van der Waals surface area contributed by atoms with Crippen LogP contribution in [0.5, 0.6) is 11.5 Å². The summed E-state index contributed by atoms with van der Waals surface area (Å²) in [5.41, 5.74) is 2.56. The molecule has 1 N–H and O–H groups in total. The molecule has 0 saturated heterocycles. The minimum absolute atomic E-state index is 0.0593. The number of aryl methyl sites for hydroxylation is 1. The first kappa shape index (κ1) is 20.5. The minimum Gasteiger partial charge on any atom is -0.494 e. The van der Waals surface area contributed by atoms with Gasteiger partial charge in [0.15, 0.2) is 0 Å². The molecule has 4 heteroatoms. The van der Waals surface area contributed by atoms with Gasteiger partial charge >= 0.3 is 0 Å². The van der Waals surface area contributed by atoms with Gasteiger partial charge in [0, 0.05) is 17.3 Å². The first-order valence-corrected chi connectivity index (χ1v) is 9.95. The van der Waals surface area contributed by atoms with Gasteiger partial charge in [-0.15, -0.1) is 0 Å². The van der Waals surface area contributed by atoms with E-state index < -0.39 is 0 Å². The largest absolute Gasteiger partial charge is 0.494 e. The Balaban J connectivity index is 1.53. The van der Waals surface area contributed by atoms with E-state index in [4.69, 9.17) is 9.47 Å². The molecule has 3 aromatic rings. The molecule has 0 fully saturated rings. The van der Waals surface area contributed by atoms with Crippen LogP contribution in [0.3, 0.4) is 0 Å². The van der Waals surface area contributed by atoms with Gasteiger partial charge in [-0.3, -0.25) is 4.79 Å². The van der Waals surface area contributed by atoms with Crippen molar-refractivity contribution in [3.63, 3.8) is 0 Å². The zero-order valence-corrected chi connectivity index (χ0v) is 16.9. The molecule has 0 atom stereocenters. The van der Waals surface area contributed by atoms with Crippen molar-refractivity contribution in [3.05, 3.63) is 90.0 Å². The van der Waals surface area contributed by atoms with E-state index in [2.05, 4.69) is 17.4 Å². The molecule has 150 valence electrons. The molecular formula is C25H27NO3. The Hall–Kier alpha value is -3.27. The lowest BCUT2D eigenvalue weighted by Gasteiger charge is -2.12. The van der Waals surface area contributed by atoms with Crippen LogP contribution >= 0.6 is 0 Å². The molecule has 3 aromatic carbocycles. The summed E-state index contributed by atoms with van der Waals surface area (Å²) >= 11 is 0. The summed E-state index contributed by atoms with van der Waals surface area (Å²) in [5.74, 6) is 1.25. The number of hydrogen-bond donors (Lipinski definition) is 1. The minimum atomic E-state index is -0.180. The molecule has 0 aliphatic carbocycles. The van der Waals surface area contributed by atoms with Gasteiger partial charge in [0.1, 0.15) is 11.5 Å². The molecule has 0 spiro atoms. The zero-order chi connectivity index (χ0) is 20.5. The highest BCUT2D eigenvalue weighted by atomic mass is 16.5. The smallest absolute Gasteiger partial charge is 0.255 e. The molecule has 29 heavy (non-hydrogen) atoms. The first-order chi connectivity index (χ1) is 14.1. The highest BCUT2D eigenvalue weighted by Gasteiger charge is 2.09. The maximum absolute atomic E-state index is 12.6. The summed E-state index contributed by atoms with van der Waals surface area (Å²) < 4.78 is 11.5. The quantitative estimate of drug-likeness (QED) is 0.475. The van der Waals surface area contributed by atoms with Gasteiger partial charge in [-0.1, -0.05) is 42.5 Å². The normalized spacial score (nSPS) is 10.6. The highest BCUT2D eigenvalue weighted by Crippen LogP contribution is 2.20. The van der Waals surface area contributed by atoms with Crippen LogP contribution in [0.1, 0.15) is 36.2 Å². The van der Waals surface area contributed by atoms with Crippen molar-refractivity contribution in [2.75, 3.05) is 11.9 Å². The van der Waals surface area contributed by atoms with E-state index in [1.54, 1.807) is 12.1 Å². The van der Waals surface area contributed by atoms with Crippen molar-refractivity contribution in [1.29, 1.82) is 0 Å². The van der Waals surface area contributed by atoms with Gasteiger partial charge in [0.05, 0.1) is 12.7 Å². The maximum Gasteiger partial charge on any atom is 0.255 e. The van der Waals surface area contributed by atoms with Crippen molar-refractivity contribution in [2.45, 2.75) is 32.8 Å². The summed E-state index contributed by atoms with van der Waals surface area (Å²) in [6.07, 6.45) is 1.97. The fourth-order valence-electron chi connectivity index (χ4n) is 2.96. The number of ether oxygens (including phenoxy) is 2. The Labute approximate surface area is 172 Å². The Morgan fingerprint density at radius 1 is 0.897 bits per heavy atom. The fraction of sp³-hybridized carbons (Fsp3) is 0.240. The van der Waals surface area contributed by atoms with Crippen molar-refractivity contribution < 1.29 is 14.3 Å². The van der Waals surface area contributed by atoms with E-state index in [0.29, 0.717) is 23.6 Å². The molecule has 0 saturated carbocycles. The number of carbonyl (C=O) groups excluding carboxylic acids is 1. The summed E-state index contributed by atoms with van der Waals surface area (Å²) in [4.78, 5) is 12.6. The van der Waals surface area contributed by atoms with Gasteiger partial charge in [0.25, 0.3) is 5.91 Å². The Bertz CT molecular complexity index is 922. The number of benzene rings is 3. The molecule has 3 rings (SSSR count). The summed E-state index contributed by atoms with van der Waals surface area (Å²) in [5, 5.41) is 2.92. The SMILES string of the molecule is CC(C)Oc1cccc(C(=O)Nc2cccc(OCCCc3ccccc3)c2)c1. The van der Waals surface area contributed by atoms with E-state index in [1.807, 2.05) is 68.4 Å². The van der Waals surface area contributed by atoms with Gasteiger partial charge in [-0.2, -0.15) is 0 Å². The summed E-state index contributed by atoms with van der Waals surface area (Å²) in [6.45, 7) is 4.54. The lowest BCUT2D eigenvalue weighted by Crippen LogP contribution is -2.13. The number of carbonyl (C=O) groups is 1. The van der Waals surface area contributed by atoms with Crippen LogP contribution in [0.25, 0.3) is 0 Å². The van der Waals surface area contributed by atoms with Crippen molar-refractivity contribution >= 4 is 11.6 Å². The second-order valence-corrected chi connectivity index (χ2v) is 7.11. The van der Waals surface area contributed by atoms with Gasteiger partial charge in [-0.25, -0.2) is 0 Å². The van der Waals surface area contributed by atoms with E-state index in [1.165, 1.54) is 5.56 Å². The van der Waals surface area contributed by atoms with Crippen LogP contribution in [-0.2, 0) is 6.42 Å². The lowest BCUT2D eigenvalue weighted by atomic mass is 10.1. The van der Waals surface area contributed by atoms with Crippen LogP contribution < -0.4 is 14.8 Å². The van der Waals surface area contributed by atoms with Crippen LogP contribution in [0.4, 0.5) is 5.69 Å². The first-order valence-electron chi connectivity index (χ1n) is 9.95. The van der Waals surface area contributed by atoms with Crippen LogP contribution in [-0.4, -0.2) is 18.6 Å². The Kier molecular flexibility index (Phi) is 7.28. The molecule has 0 unspecified atom stereocenters.